The summed E-state index contributed by atoms with van der Waals surface area (Å²) in [4.78, 5) is 17.6. The summed E-state index contributed by atoms with van der Waals surface area (Å²) in [5, 5.41) is 2.97. The standard InChI is InChI=1S/C15H30N4O2.HI/c1-11(2)8-17-13(16)18-9-12(3)10-19(7)14(20)21-15(4,5)6;/h12H,1,8-10H2,2-7H3,(H3,16,17,18);1H. The molecule has 0 radical (unpaired) electrons. The minimum absolute atomic E-state index is 0. The Morgan fingerprint density at radius 3 is 2.45 bits per heavy atom. The molecule has 6 nitrogen and oxygen atoms in total. The first kappa shape index (κ1) is 23.3. The Labute approximate surface area is 151 Å². The number of carbonyl (C=O) groups is 1. The maximum absolute atomic E-state index is 11.8. The van der Waals surface area contributed by atoms with Gasteiger partial charge in [-0.15, -0.1) is 24.0 Å². The Balaban J connectivity index is 0. The van der Waals surface area contributed by atoms with Crippen molar-refractivity contribution in [3.63, 3.8) is 0 Å². The van der Waals surface area contributed by atoms with Crippen LogP contribution in [0, 0.1) is 5.92 Å². The Bertz CT molecular complexity index is 391. The number of amides is 1. The monoisotopic (exact) mass is 426 g/mol. The quantitative estimate of drug-likeness (QED) is 0.296. The fraction of sp³-hybridized carbons (Fsp3) is 0.733. The minimum Gasteiger partial charge on any atom is -0.444 e. The second-order valence-electron chi connectivity index (χ2n) is 6.50. The van der Waals surface area contributed by atoms with Gasteiger partial charge in [0.15, 0.2) is 5.96 Å². The third kappa shape index (κ3) is 12.7. The summed E-state index contributed by atoms with van der Waals surface area (Å²) in [6.07, 6.45) is -0.327. The Hall–Kier alpha value is -0.990. The minimum atomic E-state index is -0.483. The van der Waals surface area contributed by atoms with E-state index in [0.717, 1.165) is 5.57 Å². The van der Waals surface area contributed by atoms with Crippen molar-refractivity contribution in [2.75, 3.05) is 26.7 Å². The van der Waals surface area contributed by atoms with Gasteiger partial charge in [0.1, 0.15) is 5.60 Å². The molecule has 130 valence electrons. The number of rotatable bonds is 6. The van der Waals surface area contributed by atoms with Crippen LogP contribution in [0.15, 0.2) is 17.1 Å². The van der Waals surface area contributed by atoms with Crippen LogP contribution in [0.5, 0.6) is 0 Å². The average Bonchev–Trinajstić information content (AvgIpc) is 2.31. The lowest BCUT2D eigenvalue weighted by atomic mass is 10.2. The van der Waals surface area contributed by atoms with Crippen molar-refractivity contribution in [3.8, 4) is 0 Å². The number of halogens is 1. The van der Waals surface area contributed by atoms with Gasteiger partial charge in [0.05, 0.1) is 0 Å². The van der Waals surface area contributed by atoms with E-state index in [-0.39, 0.29) is 36.0 Å². The van der Waals surface area contributed by atoms with Gasteiger partial charge in [0.2, 0.25) is 0 Å². The van der Waals surface area contributed by atoms with Gasteiger partial charge in [0.25, 0.3) is 0 Å². The predicted molar refractivity (Wildman–Crippen MR) is 103 cm³/mol. The van der Waals surface area contributed by atoms with Gasteiger partial charge in [-0.1, -0.05) is 19.1 Å². The molecule has 0 rings (SSSR count). The van der Waals surface area contributed by atoms with Gasteiger partial charge in [-0.3, -0.25) is 4.99 Å². The Kier molecular flexibility index (Phi) is 11.3. The normalized spacial score (nSPS) is 12.9. The molecule has 0 fully saturated rings. The summed E-state index contributed by atoms with van der Waals surface area (Å²) in [6.45, 7) is 15.0. The van der Waals surface area contributed by atoms with E-state index < -0.39 is 5.60 Å². The molecule has 0 saturated heterocycles. The number of ether oxygens (including phenoxy) is 1. The van der Waals surface area contributed by atoms with Crippen LogP contribution in [0.1, 0.15) is 34.6 Å². The molecule has 0 aliphatic heterocycles. The van der Waals surface area contributed by atoms with Crippen molar-refractivity contribution in [2.45, 2.75) is 40.2 Å². The van der Waals surface area contributed by atoms with Crippen molar-refractivity contribution in [1.82, 2.24) is 10.2 Å². The second kappa shape index (κ2) is 10.7. The summed E-state index contributed by atoms with van der Waals surface area (Å²) in [6, 6.07) is 0. The molecular weight excluding hydrogens is 395 g/mol. The summed E-state index contributed by atoms with van der Waals surface area (Å²) < 4.78 is 5.30. The van der Waals surface area contributed by atoms with E-state index in [9.17, 15) is 4.79 Å². The van der Waals surface area contributed by atoms with E-state index in [1.807, 2.05) is 34.6 Å². The predicted octanol–water partition coefficient (Wildman–Crippen LogP) is 2.59. The zero-order chi connectivity index (χ0) is 16.6. The molecule has 0 aromatic heterocycles. The van der Waals surface area contributed by atoms with Gasteiger partial charge in [0, 0.05) is 26.7 Å². The smallest absolute Gasteiger partial charge is 0.410 e. The summed E-state index contributed by atoms with van der Waals surface area (Å²) in [7, 11) is 1.72. The van der Waals surface area contributed by atoms with E-state index in [0.29, 0.717) is 25.6 Å². The van der Waals surface area contributed by atoms with Crippen molar-refractivity contribution in [2.24, 2.45) is 16.6 Å². The van der Waals surface area contributed by atoms with Gasteiger partial charge >= 0.3 is 6.09 Å². The van der Waals surface area contributed by atoms with Crippen molar-refractivity contribution >= 4 is 36.0 Å². The zero-order valence-corrected chi connectivity index (χ0v) is 16.9. The first-order valence-corrected chi connectivity index (χ1v) is 7.13. The molecular formula is C15H31IN4O2. The third-order valence-corrected chi connectivity index (χ3v) is 2.44. The highest BCUT2D eigenvalue weighted by atomic mass is 127. The molecule has 0 bridgehead atoms. The topological polar surface area (TPSA) is 80.0 Å². The van der Waals surface area contributed by atoms with Crippen LogP contribution in [0.3, 0.4) is 0 Å². The highest BCUT2D eigenvalue weighted by Crippen LogP contribution is 2.10. The van der Waals surface area contributed by atoms with Crippen LogP contribution in [0.4, 0.5) is 4.79 Å². The van der Waals surface area contributed by atoms with Crippen molar-refractivity contribution in [1.29, 1.82) is 0 Å². The summed E-state index contributed by atoms with van der Waals surface area (Å²) in [5.74, 6) is 0.581. The Morgan fingerprint density at radius 1 is 1.45 bits per heavy atom. The molecule has 1 atom stereocenters. The number of aliphatic imine (C=N–C) groups is 1. The van der Waals surface area contributed by atoms with Crippen LogP contribution >= 0.6 is 24.0 Å². The maximum atomic E-state index is 11.8. The van der Waals surface area contributed by atoms with Crippen molar-refractivity contribution < 1.29 is 9.53 Å². The number of guanidine groups is 1. The fourth-order valence-corrected chi connectivity index (χ4v) is 1.49. The van der Waals surface area contributed by atoms with E-state index in [1.165, 1.54) is 0 Å². The van der Waals surface area contributed by atoms with Gasteiger partial charge in [-0.2, -0.15) is 0 Å². The van der Waals surface area contributed by atoms with Crippen molar-refractivity contribution in [3.05, 3.63) is 12.2 Å². The number of nitrogens with one attached hydrogen (secondary N) is 1. The molecule has 0 aliphatic rings. The van der Waals surface area contributed by atoms with Crippen LogP contribution in [0.2, 0.25) is 0 Å². The van der Waals surface area contributed by atoms with Crippen LogP contribution in [0.25, 0.3) is 0 Å². The number of nitrogens with two attached hydrogens (primary N) is 1. The lowest BCUT2D eigenvalue weighted by Crippen LogP contribution is -2.37. The number of nitrogens with zero attached hydrogens (tertiary/aromatic N) is 2. The molecule has 0 spiro atoms. The second-order valence-corrected chi connectivity index (χ2v) is 6.50. The number of hydrogen-bond acceptors (Lipinski definition) is 3. The van der Waals surface area contributed by atoms with E-state index in [1.54, 1.807) is 11.9 Å². The SMILES string of the molecule is C=C(C)CNC(N)=NCC(C)CN(C)C(=O)OC(C)(C)C.I. The van der Waals surface area contributed by atoms with Crippen LogP contribution in [-0.2, 0) is 4.74 Å². The maximum Gasteiger partial charge on any atom is 0.410 e. The molecule has 0 aromatic rings. The summed E-state index contributed by atoms with van der Waals surface area (Å²) in [5.41, 5.74) is 6.25. The fourth-order valence-electron chi connectivity index (χ4n) is 1.49. The van der Waals surface area contributed by atoms with E-state index >= 15 is 0 Å². The van der Waals surface area contributed by atoms with Crippen LogP contribution in [-0.4, -0.2) is 49.2 Å². The van der Waals surface area contributed by atoms with E-state index in [4.69, 9.17) is 10.5 Å². The Morgan fingerprint density at radius 2 is 2.00 bits per heavy atom. The molecule has 1 unspecified atom stereocenters. The molecule has 22 heavy (non-hydrogen) atoms. The molecule has 0 heterocycles. The molecule has 1 amide bonds. The first-order valence-electron chi connectivity index (χ1n) is 7.13. The van der Waals surface area contributed by atoms with E-state index in [2.05, 4.69) is 16.9 Å². The summed E-state index contributed by atoms with van der Waals surface area (Å²) >= 11 is 0. The zero-order valence-electron chi connectivity index (χ0n) is 14.6. The number of carbonyl (C=O) groups excluding carboxylic acids is 1. The highest BCUT2D eigenvalue weighted by Gasteiger charge is 2.20. The van der Waals surface area contributed by atoms with Gasteiger partial charge in [-0.05, 0) is 33.6 Å². The van der Waals surface area contributed by atoms with Crippen LogP contribution < -0.4 is 11.1 Å². The lowest BCUT2D eigenvalue weighted by Gasteiger charge is -2.26. The highest BCUT2D eigenvalue weighted by molar-refractivity contribution is 14.0. The average molecular weight is 426 g/mol. The molecule has 7 heteroatoms. The third-order valence-electron chi connectivity index (χ3n) is 2.44. The van der Waals surface area contributed by atoms with Gasteiger partial charge in [-0.25, -0.2) is 4.79 Å². The molecule has 3 N–H and O–H groups in total. The largest absolute Gasteiger partial charge is 0.444 e. The molecule has 0 aliphatic carbocycles. The number of hydrogen-bond donors (Lipinski definition) is 2. The molecule has 0 saturated carbocycles. The molecule has 0 aromatic carbocycles. The van der Waals surface area contributed by atoms with Gasteiger partial charge < -0.3 is 20.7 Å². The first-order chi connectivity index (χ1) is 9.51. The lowest BCUT2D eigenvalue weighted by molar-refractivity contribution is 0.0279.